The van der Waals surface area contributed by atoms with Gasteiger partial charge in [-0.05, 0) is 18.4 Å². The van der Waals surface area contributed by atoms with Crippen LogP contribution in [0.4, 0.5) is 0 Å². The number of hydrogen-bond acceptors (Lipinski definition) is 3. The molecule has 5 nitrogen and oxygen atoms in total. The molecule has 1 rings (SSSR count). The van der Waals surface area contributed by atoms with E-state index in [1.807, 2.05) is 0 Å². The topological polar surface area (TPSA) is 77.3 Å². The maximum Gasteiger partial charge on any atom is 0.226 e. The van der Waals surface area contributed by atoms with E-state index < -0.39 is 17.9 Å². The van der Waals surface area contributed by atoms with Gasteiger partial charge >= 0.3 is 0 Å². The summed E-state index contributed by atoms with van der Waals surface area (Å²) in [7, 11) is 0. The van der Waals surface area contributed by atoms with E-state index >= 15 is 0 Å². The van der Waals surface area contributed by atoms with Crippen molar-refractivity contribution >= 4 is 17.7 Å². The molecule has 99 valence electrons. The smallest absolute Gasteiger partial charge is 0.226 e. The Bertz CT molecular complexity index is 441. The average molecular weight is 335 g/mol. The van der Waals surface area contributed by atoms with E-state index in [4.69, 9.17) is 0 Å². The summed E-state index contributed by atoms with van der Waals surface area (Å²) in [5, 5.41) is 5.93. The van der Waals surface area contributed by atoms with Gasteiger partial charge in [0.05, 0.1) is 0 Å². The maximum absolute atomic E-state index is 11.8. The SMILES string of the molecule is C=C[C-]=C(/C=C\C)C(=O)[N-]C1CCC(=O)NC1=O.[Y]. The molecule has 0 spiro atoms. The van der Waals surface area contributed by atoms with Gasteiger partial charge in [0.15, 0.2) is 0 Å². The second kappa shape index (κ2) is 8.94. The molecular formula is C13H14N2O3Y-2. The van der Waals surface area contributed by atoms with Gasteiger partial charge in [-0.15, -0.1) is 23.8 Å². The third-order valence-corrected chi connectivity index (χ3v) is 2.30. The molecule has 1 aliphatic rings. The molecule has 0 aromatic heterocycles. The molecule has 0 saturated carbocycles. The number of imide groups is 1. The number of amides is 3. The average Bonchev–Trinajstić information content (AvgIpc) is 2.32. The Morgan fingerprint density at radius 2 is 2.21 bits per heavy atom. The standard InChI is InChI=1S/C13H15N2O3.Y/c1-3-5-9(6-4-2)12(17)14-10-7-8-11(16)15-13(10)18;/h3-4,6,10H,1,7-8H2,2H3,(H2,14,15,16,17,18);/q-1;/p-1/b6-4-;. The van der Waals surface area contributed by atoms with E-state index in [0.29, 0.717) is 0 Å². The van der Waals surface area contributed by atoms with Crippen LogP contribution in [0.5, 0.6) is 0 Å². The molecule has 1 N–H and O–H groups in total. The fraction of sp³-hybridized carbons (Fsp3) is 0.308. The van der Waals surface area contributed by atoms with Crippen LogP contribution in [0, 0.1) is 6.08 Å². The zero-order valence-corrected chi connectivity index (χ0v) is 13.5. The summed E-state index contributed by atoms with van der Waals surface area (Å²) >= 11 is 0. The summed E-state index contributed by atoms with van der Waals surface area (Å²) in [4.78, 5) is 34.2. The van der Waals surface area contributed by atoms with E-state index in [1.165, 1.54) is 6.08 Å². The molecule has 3 amide bonds. The number of carbonyl (C=O) groups excluding carboxylic acids is 3. The summed E-state index contributed by atoms with van der Waals surface area (Å²) < 4.78 is 0. The maximum atomic E-state index is 11.8. The second-order valence-corrected chi connectivity index (χ2v) is 3.66. The van der Waals surface area contributed by atoms with Gasteiger partial charge in [0.2, 0.25) is 11.8 Å². The number of hydrogen-bond donors (Lipinski definition) is 1. The van der Waals surface area contributed by atoms with Crippen LogP contribution in [-0.2, 0) is 47.1 Å². The Morgan fingerprint density at radius 3 is 2.74 bits per heavy atom. The summed E-state index contributed by atoms with van der Waals surface area (Å²) in [6.45, 7) is 5.21. The first-order valence-electron chi connectivity index (χ1n) is 5.54. The molecule has 1 aliphatic heterocycles. The van der Waals surface area contributed by atoms with E-state index in [2.05, 4.69) is 23.3 Å². The first-order chi connectivity index (χ1) is 8.58. The van der Waals surface area contributed by atoms with Crippen LogP contribution in [0.25, 0.3) is 5.32 Å². The number of nitrogens with zero attached hydrogens (tertiary/aromatic N) is 1. The van der Waals surface area contributed by atoms with Crippen LogP contribution in [0.2, 0.25) is 0 Å². The van der Waals surface area contributed by atoms with Crippen LogP contribution in [0.3, 0.4) is 0 Å². The molecule has 1 fully saturated rings. The Balaban J connectivity index is 0.00000324. The Labute approximate surface area is 137 Å². The van der Waals surface area contributed by atoms with Gasteiger partial charge in [0.1, 0.15) is 0 Å². The molecule has 1 radical (unpaired) electrons. The van der Waals surface area contributed by atoms with Gasteiger partial charge in [0, 0.05) is 39.1 Å². The fourth-order valence-electron chi connectivity index (χ4n) is 1.47. The zero-order valence-electron chi connectivity index (χ0n) is 10.7. The van der Waals surface area contributed by atoms with Crippen LogP contribution in [0.1, 0.15) is 19.8 Å². The first-order valence-corrected chi connectivity index (χ1v) is 5.54. The third-order valence-electron chi connectivity index (χ3n) is 2.30. The molecule has 0 aliphatic carbocycles. The molecule has 1 heterocycles. The molecular weight excluding hydrogens is 321 g/mol. The van der Waals surface area contributed by atoms with Crippen molar-refractivity contribution in [3.8, 4) is 0 Å². The number of carbonyl (C=O) groups is 3. The summed E-state index contributed by atoms with van der Waals surface area (Å²) in [6, 6.07) is -0.804. The van der Waals surface area contributed by atoms with E-state index in [0.717, 1.165) is 0 Å². The van der Waals surface area contributed by atoms with Crippen molar-refractivity contribution in [3.63, 3.8) is 0 Å². The van der Waals surface area contributed by atoms with Crippen molar-refractivity contribution in [3.05, 3.63) is 41.8 Å². The normalized spacial score (nSPS) is 19.6. The summed E-state index contributed by atoms with van der Waals surface area (Å²) in [6.07, 6.45) is 7.67. The summed E-state index contributed by atoms with van der Waals surface area (Å²) in [5.41, 5.74) is 0.234. The first kappa shape index (κ1) is 17.9. The van der Waals surface area contributed by atoms with Crippen molar-refractivity contribution in [2.24, 2.45) is 0 Å². The number of piperidine rings is 1. The van der Waals surface area contributed by atoms with E-state index in [-0.39, 0.29) is 57.0 Å². The quantitative estimate of drug-likeness (QED) is 0.363. The molecule has 1 atom stereocenters. The van der Waals surface area contributed by atoms with Gasteiger partial charge < -0.3 is 10.1 Å². The van der Waals surface area contributed by atoms with Crippen molar-refractivity contribution in [1.29, 1.82) is 0 Å². The molecule has 6 heteroatoms. The van der Waals surface area contributed by atoms with Gasteiger partial charge in [-0.1, -0.05) is 6.92 Å². The minimum absolute atomic E-state index is 0. The van der Waals surface area contributed by atoms with Crippen LogP contribution in [0.15, 0.2) is 30.4 Å². The van der Waals surface area contributed by atoms with Gasteiger partial charge in [-0.25, -0.2) is 0 Å². The molecule has 0 aromatic rings. The molecule has 1 saturated heterocycles. The van der Waals surface area contributed by atoms with Crippen LogP contribution in [-0.4, -0.2) is 23.8 Å². The summed E-state index contributed by atoms with van der Waals surface area (Å²) in [5.74, 6) is -1.40. The van der Waals surface area contributed by atoms with E-state index in [9.17, 15) is 14.4 Å². The van der Waals surface area contributed by atoms with Crippen molar-refractivity contribution in [2.75, 3.05) is 0 Å². The van der Waals surface area contributed by atoms with Crippen molar-refractivity contribution in [2.45, 2.75) is 25.8 Å². The predicted octanol–water partition coefficient (Wildman–Crippen LogP) is 1.18. The number of allylic oxidation sites excluding steroid dienone is 3. The van der Waals surface area contributed by atoms with Crippen LogP contribution >= 0.6 is 0 Å². The van der Waals surface area contributed by atoms with E-state index in [1.54, 1.807) is 19.1 Å². The largest absolute Gasteiger partial charge is 0.684 e. The Hall–Kier alpha value is -1.07. The zero-order chi connectivity index (χ0) is 13.5. The molecule has 19 heavy (non-hydrogen) atoms. The second-order valence-electron chi connectivity index (χ2n) is 3.66. The van der Waals surface area contributed by atoms with Crippen molar-refractivity contribution in [1.82, 2.24) is 5.32 Å². The number of rotatable bonds is 4. The molecule has 0 bridgehead atoms. The fourth-order valence-corrected chi connectivity index (χ4v) is 1.47. The minimum Gasteiger partial charge on any atom is -0.684 e. The Morgan fingerprint density at radius 1 is 1.53 bits per heavy atom. The molecule has 0 aromatic carbocycles. The molecule has 1 unspecified atom stereocenters. The number of nitrogens with one attached hydrogen (secondary N) is 1. The van der Waals surface area contributed by atoms with Gasteiger partial charge in [0.25, 0.3) is 0 Å². The minimum atomic E-state index is -0.804. The Kier molecular flexibility index (Phi) is 8.44. The predicted molar refractivity (Wildman–Crippen MR) is 66.3 cm³/mol. The van der Waals surface area contributed by atoms with Crippen LogP contribution < -0.4 is 5.32 Å². The van der Waals surface area contributed by atoms with Gasteiger partial charge in [-0.3, -0.25) is 14.9 Å². The van der Waals surface area contributed by atoms with Gasteiger partial charge in [-0.2, -0.15) is 12.7 Å². The third kappa shape index (κ3) is 5.62. The monoisotopic (exact) mass is 335 g/mol. The van der Waals surface area contributed by atoms with Crippen molar-refractivity contribution < 1.29 is 47.1 Å².